The summed E-state index contributed by atoms with van der Waals surface area (Å²) in [6.07, 6.45) is 7.71. The molecule has 2 heterocycles. The Morgan fingerprint density at radius 3 is 2.70 bits per heavy atom. The van der Waals surface area contributed by atoms with Crippen LogP contribution in [0.4, 0.5) is 0 Å². The van der Waals surface area contributed by atoms with Gasteiger partial charge in [0.15, 0.2) is 0 Å². The molecular weight excluding hydrogens is 298 g/mol. The standard InChI is InChI=1S/C16H23N3O4/c1-21-14-8-17-9-15(19-14)23-13-4-2-12(3-5-13)18-16(20)11-6-7-22-10-11/h8-9,11-13H,2-7,10H2,1H3,(H,18,20). The summed E-state index contributed by atoms with van der Waals surface area (Å²) < 4.78 is 16.2. The lowest BCUT2D eigenvalue weighted by Gasteiger charge is -2.29. The number of methoxy groups -OCH3 is 1. The number of hydrogen-bond acceptors (Lipinski definition) is 6. The van der Waals surface area contributed by atoms with Gasteiger partial charge in [-0.2, -0.15) is 4.98 Å². The van der Waals surface area contributed by atoms with Gasteiger partial charge in [-0.25, -0.2) is 0 Å². The SMILES string of the molecule is COc1cncc(OC2CCC(NC(=O)C3CCOC3)CC2)n1. The molecular formula is C16H23N3O4. The van der Waals surface area contributed by atoms with Gasteiger partial charge in [-0.05, 0) is 32.1 Å². The maximum Gasteiger partial charge on any atom is 0.235 e. The minimum Gasteiger partial charge on any atom is -0.480 e. The van der Waals surface area contributed by atoms with Crippen molar-refractivity contribution in [2.24, 2.45) is 5.92 Å². The van der Waals surface area contributed by atoms with Crippen LogP contribution < -0.4 is 14.8 Å². The van der Waals surface area contributed by atoms with Crippen molar-refractivity contribution in [3.63, 3.8) is 0 Å². The zero-order valence-corrected chi connectivity index (χ0v) is 13.4. The highest BCUT2D eigenvalue weighted by molar-refractivity contribution is 5.79. The summed E-state index contributed by atoms with van der Waals surface area (Å²) in [4.78, 5) is 20.4. The molecule has 1 saturated carbocycles. The summed E-state index contributed by atoms with van der Waals surface area (Å²) in [6, 6.07) is 0.236. The minimum absolute atomic E-state index is 0.0241. The van der Waals surface area contributed by atoms with Gasteiger partial charge in [0.2, 0.25) is 17.7 Å². The summed E-state index contributed by atoms with van der Waals surface area (Å²) in [5.41, 5.74) is 0. The molecule has 1 aromatic heterocycles. The molecule has 0 bridgehead atoms. The number of aromatic nitrogens is 2. The van der Waals surface area contributed by atoms with E-state index in [9.17, 15) is 4.79 Å². The first kappa shape index (κ1) is 16.0. The van der Waals surface area contributed by atoms with Crippen LogP contribution in [-0.2, 0) is 9.53 Å². The second-order valence-corrected chi connectivity index (χ2v) is 6.06. The molecule has 0 spiro atoms. The molecule has 2 fully saturated rings. The average molecular weight is 321 g/mol. The number of nitrogens with zero attached hydrogens (tertiary/aromatic N) is 2. The molecule has 1 N–H and O–H groups in total. The quantitative estimate of drug-likeness (QED) is 0.881. The van der Waals surface area contributed by atoms with Gasteiger partial charge in [0.1, 0.15) is 6.10 Å². The summed E-state index contributed by atoms with van der Waals surface area (Å²) in [7, 11) is 1.55. The lowest BCUT2D eigenvalue weighted by Crippen LogP contribution is -2.42. The van der Waals surface area contributed by atoms with Gasteiger partial charge in [0, 0.05) is 12.6 Å². The molecule has 1 saturated heterocycles. The van der Waals surface area contributed by atoms with Gasteiger partial charge < -0.3 is 19.5 Å². The van der Waals surface area contributed by atoms with Crippen molar-refractivity contribution in [3.05, 3.63) is 12.4 Å². The molecule has 7 heteroatoms. The molecule has 1 aliphatic heterocycles. The van der Waals surface area contributed by atoms with Gasteiger partial charge in [0.25, 0.3) is 0 Å². The molecule has 1 aliphatic carbocycles. The fraction of sp³-hybridized carbons (Fsp3) is 0.688. The number of hydrogen-bond donors (Lipinski definition) is 1. The van der Waals surface area contributed by atoms with Crippen molar-refractivity contribution >= 4 is 5.91 Å². The van der Waals surface area contributed by atoms with E-state index in [1.165, 1.54) is 0 Å². The van der Waals surface area contributed by atoms with Crippen LogP contribution in [0.5, 0.6) is 11.8 Å². The molecule has 1 amide bonds. The van der Waals surface area contributed by atoms with Crippen LogP contribution in [0.3, 0.4) is 0 Å². The zero-order valence-electron chi connectivity index (χ0n) is 13.4. The Morgan fingerprint density at radius 1 is 1.22 bits per heavy atom. The summed E-state index contributed by atoms with van der Waals surface area (Å²) >= 11 is 0. The van der Waals surface area contributed by atoms with Crippen LogP contribution in [0.25, 0.3) is 0 Å². The fourth-order valence-electron chi connectivity index (χ4n) is 3.04. The van der Waals surface area contributed by atoms with Gasteiger partial charge in [-0.3, -0.25) is 9.78 Å². The van der Waals surface area contributed by atoms with Gasteiger partial charge >= 0.3 is 0 Å². The number of nitrogens with one attached hydrogen (secondary N) is 1. The van der Waals surface area contributed by atoms with Crippen LogP contribution >= 0.6 is 0 Å². The van der Waals surface area contributed by atoms with E-state index in [1.807, 2.05) is 0 Å². The molecule has 126 valence electrons. The monoisotopic (exact) mass is 321 g/mol. The third kappa shape index (κ3) is 4.31. The second kappa shape index (κ2) is 7.59. The van der Waals surface area contributed by atoms with E-state index in [0.717, 1.165) is 32.1 Å². The Bertz CT molecular complexity index is 526. The molecule has 23 heavy (non-hydrogen) atoms. The smallest absolute Gasteiger partial charge is 0.235 e. The number of rotatable bonds is 5. The molecule has 1 atom stereocenters. The Hall–Kier alpha value is -1.89. The number of carbonyl (C=O) groups excluding carboxylic acids is 1. The highest BCUT2D eigenvalue weighted by Gasteiger charge is 2.28. The fourth-order valence-corrected chi connectivity index (χ4v) is 3.04. The highest BCUT2D eigenvalue weighted by Crippen LogP contribution is 2.24. The van der Waals surface area contributed by atoms with E-state index in [-0.39, 0.29) is 24.0 Å². The maximum absolute atomic E-state index is 12.1. The Labute approximate surface area is 135 Å². The van der Waals surface area contributed by atoms with Crippen LogP contribution in [0, 0.1) is 5.92 Å². The van der Waals surface area contributed by atoms with E-state index < -0.39 is 0 Å². The van der Waals surface area contributed by atoms with E-state index in [2.05, 4.69) is 15.3 Å². The topological polar surface area (TPSA) is 82.6 Å². The van der Waals surface area contributed by atoms with E-state index in [1.54, 1.807) is 19.5 Å². The van der Waals surface area contributed by atoms with Crippen molar-refractivity contribution in [1.82, 2.24) is 15.3 Å². The van der Waals surface area contributed by atoms with Gasteiger partial charge in [-0.1, -0.05) is 0 Å². The highest BCUT2D eigenvalue weighted by atomic mass is 16.5. The summed E-state index contributed by atoms with van der Waals surface area (Å²) in [5, 5.41) is 3.14. The first-order valence-electron chi connectivity index (χ1n) is 8.15. The summed E-state index contributed by atoms with van der Waals surface area (Å²) in [5.74, 6) is 1.09. The second-order valence-electron chi connectivity index (χ2n) is 6.06. The van der Waals surface area contributed by atoms with Gasteiger partial charge in [-0.15, -0.1) is 0 Å². The summed E-state index contributed by atoms with van der Waals surface area (Å²) in [6.45, 7) is 1.25. The van der Waals surface area contributed by atoms with Crippen molar-refractivity contribution in [2.75, 3.05) is 20.3 Å². The first-order chi connectivity index (χ1) is 11.2. The van der Waals surface area contributed by atoms with Crippen molar-refractivity contribution in [2.45, 2.75) is 44.2 Å². The lowest BCUT2D eigenvalue weighted by atomic mass is 9.92. The zero-order chi connectivity index (χ0) is 16.1. The van der Waals surface area contributed by atoms with Crippen molar-refractivity contribution in [1.29, 1.82) is 0 Å². The average Bonchev–Trinajstić information content (AvgIpc) is 3.11. The largest absolute Gasteiger partial charge is 0.480 e. The molecule has 3 rings (SSSR count). The van der Waals surface area contributed by atoms with Crippen molar-refractivity contribution in [3.8, 4) is 11.8 Å². The molecule has 1 aromatic rings. The van der Waals surface area contributed by atoms with Crippen LogP contribution in [0.1, 0.15) is 32.1 Å². The molecule has 7 nitrogen and oxygen atoms in total. The predicted octanol–water partition coefficient (Wildman–Crippen LogP) is 1.33. The third-order valence-corrected chi connectivity index (χ3v) is 4.41. The number of carbonyl (C=O) groups is 1. The Kier molecular flexibility index (Phi) is 5.27. The molecule has 2 aliphatic rings. The van der Waals surface area contributed by atoms with Crippen LogP contribution in [0.2, 0.25) is 0 Å². The van der Waals surface area contributed by atoms with Crippen LogP contribution in [-0.4, -0.2) is 48.3 Å². The van der Waals surface area contributed by atoms with E-state index >= 15 is 0 Å². The normalized spacial score (nSPS) is 27.4. The molecule has 0 radical (unpaired) electrons. The maximum atomic E-state index is 12.1. The van der Waals surface area contributed by atoms with Gasteiger partial charge in [0.05, 0.1) is 32.0 Å². The molecule has 0 aromatic carbocycles. The Morgan fingerprint density at radius 2 is 2.00 bits per heavy atom. The number of amides is 1. The Balaban J connectivity index is 1.43. The van der Waals surface area contributed by atoms with Crippen LogP contribution in [0.15, 0.2) is 12.4 Å². The number of ether oxygens (including phenoxy) is 3. The predicted molar refractivity (Wildman–Crippen MR) is 82.3 cm³/mol. The minimum atomic E-state index is 0.0241. The van der Waals surface area contributed by atoms with Crippen molar-refractivity contribution < 1.29 is 19.0 Å². The third-order valence-electron chi connectivity index (χ3n) is 4.41. The molecule has 1 unspecified atom stereocenters. The van der Waals surface area contributed by atoms with E-state index in [0.29, 0.717) is 25.0 Å². The van der Waals surface area contributed by atoms with E-state index in [4.69, 9.17) is 14.2 Å². The lowest BCUT2D eigenvalue weighted by molar-refractivity contribution is -0.126. The first-order valence-corrected chi connectivity index (χ1v) is 8.15.